The van der Waals surface area contributed by atoms with E-state index in [9.17, 15) is 13.6 Å². The van der Waals surface area contributed by atoms with Gasteiger partial charge >= 0.3 is 5.97 Å². The molecule has 3 nitrogen and oxygen atoms in total. The SMILES string of the molecule is CO[C@H](C(=O)O)c1c(F)cccc1F. The van der Waals surface area contributed by atoms with E-state index in [0.29, 0.717) is 0 Å². The minimum absolute atomic E-state index is 0.581. The Labute approximate surface area is 78.9 Å². The summed E-state index contributed by atoms with van der Waals surface area (Å²) in [6.45, 7) is 0. The number of carbonyl (C=O) groups is 1. The summed E-state index contributed by atoms with van der Waals surface area (Å²) in [4.78, 5) is 10.6. The van der Waals surface area contributed by atoms with Gasteiger partial charge in [0.15, 0.2) is 6.10 Å². The van der Waals surface area contributed by atoms with Crippen LogP contribution in [0.15, 0.2) is 18.2 Å². The zero-order valence-electron chi connectivity index (χ0n) is 7.33. The molecule has 5 heteroatoms. The number of methoxy groups -OCH3 is 1. The van der Waals surface area contributed by atoms with E-state index in [1.54, 1.807) is 0 Å². The van der Waals surface area contributed by atoms with E-state index in [1.807, 2.05) is 0 Å². The summed E-state index contributed by atoms with van der Waals surface area (Å²) in [5.41, 5.74) is -0.581. The summed E-state index contributed by atoms with van der Waals surface area (Å²) >= 11 is 0. The molecule has 0 aliphatic rings. The van der Waals surface area contributed by atoms with Crippen LogP contribution < -0.4 is 0 Å². The third-order valence-corrected chi connectivity index (χ3v) is 1.72. The van der Waals surface area contributed by atoms with E-state index in [-0.39, 0.29) is 0 Å². The fourth-order valence-corrected chi connectivity index (χ4v) is 1.10. The molecule has 0 fully saturated rings. The monoisotopic (exact) mass is 202 g/mol. The maximum absolute atomic E-state index is 13.1. The van der Waals surface area contributed by atoms with Gasteiger partial charge in [-0.05, 0) is 12.1 Å². The molecule has 14 heavy (non-hydrogen) atoms. The topological polar surface area (TPSA) is 46.5 Å². The van der Waals surface area contributed by atoms with Gasteiger partial charge in [0.1, 0.15) is 11.6 Å². The molecule has 76 valence electrons. The number of halogens is 2. The predicted molar refractivity (Wildman–Crippen MR) is 43.7 cm³/mol. The molecule has 0 radical (unpaired) electrons. The number of carboxylic acid groups (broad SMARTS) is 1. The molecular weight excluding hydrogens is 194 g/mol. The second-order valence-corrected chi connectivity index (χ2v) is 2.59. The average Bonchev–Trinajstić information content (AvgIpc) is 2.10. The van der Waals surface area contributed by atoms with Crippen molar-refractivity contribution in [3.05, 3.63) is 35.4 Å². The summed E-state index contributed by atoms with van der Waals surface area (Å²) in [7, 11) is 1.07. The molecule has 0 spiro atoms. The minimum atomic E-state index is -1.61. The number of rotatable bonds is 3. The highest BCUT2D eigenvalue weighted by molar-refractivity contribution is 5.74. The molecule has 1 N–H and O–H groups in total. The van der Waals surface area contributed by atoms with Crippen LogP contribution in [0.1, 0.15) is 11.7 Å². The van der Waals surface area contributed by atoms with Crippen LogP contribution in [0.2, 0.25) is 0 Å². The van der Waals surface area contributed by atoms with Gasteiger partial charge < -0.3 is 9.84 Å². The van der Waals surface area contributed by atoms with E-state index in [0.717, 1.165) is 25.3 Å². The standard InChI is InChI=1S/C9H8F2O3/c1-14-8(9(12)13)7-5(10)3-2-4-6(7)11/h2-4,8H,1H3,(H,12,13)/t8-/m0/s1. The van der Waals surface area contributed by atoms with Gasteiger partial charge in [-0.1, -0.05) is 6.07 Å². The third-order valence-electron chi connectivity index (χ3n) is 1.72. The van der Waals surface area contributed by atoms with Crippen molar-refractivity contribution in [1.29, 1.82) is 0 Å². The van der Waals surface area contributed by atoms with E-state index in [4.69, 9.17) is 5.11 Å². The summed E-state index contributed by atoms with van der Waals surface area (Å²) in [6, 6.07) is 3.11. The molecule has 0 aromatic heterocycles. The Morgan fingerprint density at radius 1 is 1.43 bits per heavy atom. The second-order valence-electron chi connectivity index (χ2n) is 2.59. The van der Waals surface area contributed by atoms with Crippen LogP contribution in [-0.2, 0) is 9.53 Å². The van der Waals surface area contributed by atoms with Gasteiger partial charge in [0.25, 0.3) is 0 Å². The third kappa shape index (κ3) is 1.88. The van der Waals surface area contributed by atoms with E-state index in [2.05, 4.69) is 4.74 Å². The molecule has 0 aliphatic carbocycles. The Kier molecular flexibility index (Phi) is 3.14. The number of ether oxygens (including phenoxy) is 1. The summed E-state index contributed by atoms with van der Waals surface area (Å²) in [5.74, 6) is -3.30. The lowest BCUT2D eigenvalue weighted by Crippen LogP contribution is -2.16. The zero-order valence-corrected chi connectivity index (χ0v) is 7.33. The van der Waals surface area contributed by atoms with Gasteiger partial charge in [0.05, 0.1) is 5.56 Å². The van der Waals surface area contributed by atoms with Crippen molar-refractivity contribution < 1.29 is 23.4 Å². The summed E-state index contributed by atoms with van der Waals surface area (Å²) < 4.78 is 30.6. The van der Waals surface area contributed by atoms with Crippen LogP contribution in [-0.4, -0.2) is 18.2 Å². The largest absolute Gasteiger partial charge is 0.479 e. The highest BCUT2D eigenvalue weighted by Gasteiger charge is 2.25. The quantitative estimate of drug-likeness (QED) is 0.811. The van der Waals surface area contributed by atoms with Crippen molar-refractivity contribution >= 4 is 5.97 Å². The molecule has 0 amide bonds. The first-order valence-corrected chi connectivity index (χ1v) is 3.77. The molecule has 0 aliphatic heterocycles. The Morgan fingerprint density at radius 3 is 2.29 bits per heavy atom. The van der Waals surface area contributed by atoms with Gasteiger partial charge in [0.2, 0.25) is 0 Å². The van der Waals surface area contributed by atoms with E-state index >= 15 is 0 Å². The molecule has 0 unspecified atom stereocenters. The van der Waals surface area contributed by atoms with Gasteiger partial charge in [-0.2, -0.15) is 0 Å². The number of hydrogen-bond donors (Lipinski definition) is 1. The number of benzene rings is 1. The predicted octanol–water partition coefficient (Wildman–Crippen LogP) is 1.74. The lowest BCUT2D eigenvalue weighted by molar-refractivity contribution is -0.149. The highest BCUT2D eigenvalue weighted by atomic mass is 19.1. The van der Waals surface area contributed by atoms with Crippen LogP contribution in [0.4, 0.5) is 8.78 Å². The fraction of sp³-hybridized carbons (Fsp3) is 0.222. The molecule has 1 aromatic carbocycles. The normalized spacial score (nSPS) is 12.5. The average molecular weight is 202 g/mol. The second kappa shape index (κ2) is 4.15. The molecule has 0 heterocycles. The highest BCUT2D eigenvalue weighted by Crippen LogP contribution is 2.23. The number of aliphatic carboxylic acids is 1. The van der Waals surface area contributed by atoms with Gasteiger partial charge in [-0.25, -0.2) is 13.6 Å². The summed E-state index contributed by atoms with van der Waals surface area (Å²) in [5, 5.41) is 8.62. The first-order chi connectivity index (χ1) is 6.57. The molecule has 0 bridgehead atoms. The maximum atomic E-state index is 13.1. The van der Waals surface area contributed by atoms with Crippen molar-refractivity contribution in [2.45, 2.75) is 6.10 Å². The van der Waals surface area contributed by atoms with Crippen molar-refractivity contribution in [1.82, 2.24) is 0 Å². The molecule has 1 rings (SSSR count). The van der Waals surface area contributed by atoms with Crippen molar-refractivity contribution in [2.75, 3.05) is 7.11 Å². The smallest absolute Gasteiger partial charge is 0.337 e. The Bertz CT molecular complexity index is 332. The zero-order chi connectivity index (χ0) is 10.7. The van der Waals surface area contributed by atoms with Crippen LogP contribution >= 0.6 is 0 Å². The Balaban J connectivity index is 3.22. The first-order valence-electron chi connectivity index (χ1n) is 3.77. The van der Waals surface area contributed by atoms with Gasteiger partial charge in [-0.3, -0.25) is 0 Å². The van der Waals surface area contributed by atoms with Crippen LogP contribution in [0, 0.1) is 11.6 Å². The van der Waals surface area contributed by atoms with Crippen molar-refractivity contribution in [3.63, 3.8) is 0 Å². The molecular formula is C9H8F2O3. The molecule has 1 aromatic rings. The van der Waals surface area contributed by atoms with E-state index in [1.165, 1.54) is 0 Å². The molecule has 0 saturated carbocycles. The number of hydrogen-bond acceptors (Lipinski definition) is 2. The number of carboxylic acids is 1. The lowest BCUT2D eigenvalue weighted by Gasteiger charge is -2.12. The van der Waals surface area contributed by atoms with Crippen LogP contribution in [0.25, 0.3) is 0 Å². The Morgan fingerprint density at radius 2 is 1.93 bits per heavy atom. The first kappa shape index (κ1) is 10.6. The summed E-state index contributed by atoms with van der Waals surface area (Å²) in [6.07, 6.45) is -1.61. The van der Waals surface area contributed by atoms with Crippen LogP contribution in [0.5, 0.6) is 0 Å². The van der Waals surface area contributed by atoms with Crippen LogP contribution in [0.3, 0.4) is 0 Å². The molecule has 0 saturated heterocycles. The van der Waals surface area contributed by atoms with Gasteiger partial charge in [0, 0.05) is 7.11 Å². The maximum Gasteiger partial charge on any atom is 0.337 e. The minimum Gasteiger partial charge on any atom is -0.479 e. The Hall–Kier alpha value is -1.49. The molecule has 1 atom stereocenters. The van der Waals surface area contributed by atoms with Crippen molar-refractivity contribution in [3.8, 4) is 0 Å². The van der Waals surface area contributed by atoms with Gasteiger partial charge in [-0.15, -0.1) is 0 Å². The lowest BCUT2D eigenvalue weighted by atomic mass is 10.1. The fourth-order valence-electron chi connectivity index (χ4n) is 1.10. The van der Waals surface area contributed by atoms with E-state index < -0.39 is 29.3 Å². The van der Waals surface area contributed by atoms with Crippen molar-refractivity contribution in [2.24, 2.45) is 0 Å².